The highest BCUT2D eigenvalue weighted by atomic mass is 35.5. The molecule has 0 fully saturated rings. The maximum Gasteiger partial charge on any atom is 0.258 e. The number of aryl methyl sites for hydroxylation is 1. The fourth-order valence-electron chi connectivity index (χ4n) is 3.77. The summed E-state index contributed by atoms with van der Waals surface area (Å²) in [6.45, 7) is 2.40. The summed E-state index contributed by atoms with van der Waals surface area (Å²) in [7, 11) is 0. The quantitative estimate of drug-likeness (QED) is 0.332. The van der Waals surface area contributed by atoms with Gasteiger partial charge in [-0.15, -0.1) is 0 Å². The number of aromatic nitrogens is 4. The summed E-state index contributed by atoms with van der Waals surface area (Å²) in [5, 5.41) is 8.61. The molecule has 6 nitrogen and oxygen atoms in total. The molecule has 0 aliphatic heterocycles. The number of halogens is 2. The topological polar surface area (TPSA) is 64.7 Å². The van der Waals surface area contributed by atoms with Crippen LogP contribution in [0.3, 0.4) is 0 Å². The number of hydrogen-bond donors (Lipinski definition) is 1. The summed E-state index contributed by atoms with van der Waals surface area (Å²) < 4.78 is 3.70. The second-order valence-corrected chi connectivity index (χ2v) is 8.48. The van der Waals surface area contributed by atoms with Gasteiger partial charge in [0.15, 0.2) is 0 Å². The third kappa shape index (κ3) is 4.23. The van der Waals surface area contributed by atoms with E-state index < -0.39 is 0 Å². The Kier molecular flexibility index (Phi) is 5.62. The molecule has 33 heavy (non-hydrogen) atoms. The first-order chi connectivity index (χ1) is 16.0. The van der Waals surface area contributed by atoms with Gasteiger partial charge >= 0.3 is 0 Å². The molecule has 5 aromatic rings. The van der Waals surface area contributed by atoms with Crippen LogP contribution < -0.4 is 5.32 Å². The van der Waals surface area contributed by atoms with Gasteiger partial charge in [0.1, 0.15) is 5.82 Å². The van der Waals surface area contributed by atoms with Crippen molar-refractivity contribution in [2.75, 3.05) is 5.32 Å². The van der Waals surface area contributed by atoms with Crippen molar-refractivity contribution in [3.8, 4) is 5.95 Å². The van der Waals surface area contributed by atoms with Gasteiger partial charge in [0.2, 0.25) is 5.95 Å². The van der Waals surface area contributed by atoms with Crippen molar-refractivity contribution in [3.05, 3.63) is 106 Å². The Morgan fingerprint density at radius 3 is 2.58 bits per heavy atom. The van der Waals surface area contributed by atoms with E-state index in [-0.39, 0.29) is 5.91 Å². The molecule has 2 heterocycles. The molecule has 3 aromatic carbocycles. The van der Waals surface area contributed by atoms with Gasteiger partial charge < -0.3 is 9.88 Å². The summed E-state index contributed by atoms with van der Waals surface area (Å²) in [5.74, 6) is 0.762. The van der Waals surface area contributed by atoms with E-state index in [1.165, 1.54) is 0 Å². The third-order valence-electron chi connectivity index (χ3n) is 5.25. The molecule has 5 rings (SSSR count). The van der Waals surface area contributed by atoms with Crippen LogP contribution in [0.4, 0.5) is 5.82 Å². The Bertz CT molecular complexity index is 1490. The molecule has 0 saturated carbocycles. The maximum atomic E-state index is 12.9. The van der Waals surface area contributed by atoms with Gasteiger partial charge in [0.05, 0.1) is 33.9 Å². The van der Waals surface area contributed by atoms with Crippen LogP contribution in [0.15, 0.2) is 78.9 Å². The van der Waals surface area contributed by atoms with Crippen LogP contribution >= 0.6 is 23.2 Å². The van der Waals surface area contributed by atoms with E-state index in [1.807, 2.05) is 55.5 Å². The average molecular weight is 476 g/mol. The number of nitrogens with zero attached hydrogens (tertiary/aromatic N) is 4. The summed E-state index contributed by atoms with van der Waals surface area (Å²) in [4.78, 5) is 17.8. The third-order valence-corrected chi connectivity index (χ3v) is 5.81. The lowest BCUT2D eigenvalue weighted by atomic mass is 10.2. The first-order valence-electron chi connectivity index (χ1n) is 10.3. The molecule has 0 spiro atoms. The number of anilines is 1. The first kappa shape index (κ1) is 21.2. The molecule has 0 atom stereocenters. The molecule has 0 unspecified atom stereocenters. The molecule has 2 aromatic heterocycles. The van der Waals surface area contributed by atoms with Gasteiger partial charge in [-0.3, -0.25) is 4.79 Å². The van der Waals surface area contributed by atoms with E-state index in [9.17, 15) is 4.79 Å². The van der Waals surface area contributed by atoms with Gasteiger partial charge in [-0.05, 0) is 48.9 Å². The first-order valence-corrected chi connectivity index (χ1v) is 11.1. The summed E-state index contributed by atoms with van der Waals surface area (Å²) in [6, 6.07) is 24.3. The normalized spacial score (nSPS) is 11.1. The lowest BCUT2D eigenvalue weighted by Crippen LogP contribution is -2.17. The number of hydrogen-bond acceptors (Lipinski definition) is 3. The van der Waals surface area contributed by atoms with Crippen LogP contribution in [0.25, 0.3) is 17.0 Å². The Balaban J connectivity index is 1.60. The summed E-state index contributed by atoms with van der Waals surface area (Å²) >= 11 is 12.4. The second kappa shape index (κ2) is 8.73. The van der Waals surface area contributed by atoms with E-state index in [4.69, 9.17) is 28.2 Å². The number of rotatable bonds is 5. The van der Waals surface area contributed by atoms with Crippen molar-refractivity contribution in [3.63, 3.8) is 0 Å². The SMILES string of the molecule is Cc1cc(NC(=O)c2ccccc2Cl)n(-c2nc3ccccc3n2Cc2cccc(Cl)c2)n1. The molecular weight excluding hydrogens is 457 g/mol. The molecule has 164 valence electrons. The van der Waals surface area contributed by atoms with E-state index in [1.54, 1.807) is 35.0 Å². The minimum Gasteiger partial charge on any atom is -0.306 e. The molecule has 8 heteroatoms. The summed E-state index contributed by atoms with van der Waals surface area (Å²) in [6.07, 6.45) is 0. The zero-order chi connectivity index (χ0) is 22.9. The van der Waals surface area contributed by atoms with Crippen LogP contribution in [0.5, 0.6) is 0 Å². The molecular formula is C25H19Cl2N5O. The number of nitrogens with one attached hydrogen (secondary N) is 1. The number of carbonyl (C=O) groups is 1. The van der Waals surface area contributed by atoms with Crippen molar-refractivity contribution >= 4 is 46.0 Å². The van der Waals surface area contributed by atoms with Crippen LogP contribution in [-0.2, 0) is 6.54 Å². The smallest absolute Gasteiger partial charge is 0.258 e. The van der Waals surface area contributed by atoms with Crippen molar-refractivity contribution in [1.29, 1.82) is 0 Å². The predicted molar refractivity (Wildman–Crippen MR) is 132 cm³/mol. The molecule has 0 radical (unpaired) electrons. The molecule has 0 aliphatic rings. The second-order valence-electron chi connectivity index (χ2n) is 7.63. The van der Waals surface area contributed by atoms with Crippen molar-refractivity contribution in [2.45, 2.75) is 13.5 Å². The zero-order valence-corrected chi connectivity index (χ0v) is 19.2. The average Bonchev–Trinajstić information content (AvgIpc) is 3.34. The highest BCUT2D eigenvalue weighted by Gasteiger charge is 2.19. The Hall–Kier alpha value is -3.61. The van der Waals surface area contributed by atoms with E-state index in [0.717, 1.165) is 22.3 Å². The largest absolute Gasteiger partial charge is 0.306 e. The van der Waals surface area contributed by atoms with Gasteiger partial charge in [-0.2, -0.15) is 9.78 Å². The highest BCUT2D eigenvalue weighted by Crippen LogP contribution is 2.25. The van der Waals surface area contributed by atoms with E-state index >= 15 is 0 Å². The fourth-order valence-corrected chi connectivity index (χ4v) is 4.20. The van der Waals surface area contributed by atoms with Gasteiger partial charge in [-0.1, -0.05) is 59.6 Å². The molecule has 1 N–H and O–H groups in total. The minimum absolute atomic E-state index is 0.320. The Labute approximate surface area is 200 Å². The number of benzene rings is 3. The highest BCUT2D eigenvalue weighted by molar-refractivity contribution is 6.34. The van der Waals surface area contributed by atoms with E-state index in [0.29, 0.717) is 33.9 Å². The fraction of sp³-hybridized carbons (Fsp3) is 0.0800. The number of amides is 1. The number of fused-ring (bicyclic) bond motifs is 1. The molecule has 0 saturated heterocycles. The predicted octanol–water partition coefficient (Wildman–Crippen LogP) is 6.14. The lowest BCUT2D eigenvalue weighted by Gasteiger charge is -2.13. The molecule has 0 bridgehead atoms. The number of carbonyl (C=O) groups excluding carboxylic acids is 1. The van der Waals surface area contributed by atoms with Crippen LogP contribution in [0.1, 0.15) is 21.6 Å². The number of imidazole rings is 1. The van der Waals surface area contributed by atoms with Crippen LogP contribution in [0.2, 0.25) is 10.0 Å². The van der Waals surface area contributed by atoms with E-state index in [2.05, 4.69) is 15.0 Å². The minimum atomic E-state index is -0.320. The zero-order valence-electron chi connectivity index (χ0n) is 17.7. The Morgan fingerprint density at radius 1 is 0.970 bits per heavy atom. The number of para-hydroxylation sites is 2. The molecule has 1 amide bonds. The monoisotopic (exact) mass is 475 g/mol. The lowest BCUT2D eigenvalue weighted by molar-refractivity contribution is 0.102. The van der Waals surface area contributed by atoms with Crippen LogP contribution in [0, 0.1) is 6.92 Å². The van der Waals surface area contributed by atoms with Gasteiger partial charge in [0.25, 0.3) is 5.91 Å². The van der Waals surface area contributed by atoms with Gasteiger partial charge in [-0.25, -0.2) is 4.98 Å². The van der Waals surface area contributed by atoms with Crippen molar-refractivity contribution in [1.82, 2.24) is 19.3 Å². The Morgan fingerprint density at radius 2 is 1.76 bits per heavy atom. The van der Waals surface area contributed by atoms with Crippen molar-refractivity contribution in [2.24, 2.45) is 0 Å². The standard InChI is InChI=1S/C25H19Cl2N5O/c1-16-13-23(29-24(33)19-9-2-3-10-20(19)27)32(30-16)25-28-21-11-4-5-12-22(21)31(25)15-17-7-6-8-18(26)14-17/h2-14H,15H2,1H3,(H,29,33). The van der Waals surface area contributed by atoms with Gasteiger partial charge in [0, 0.05) is 11.1 Å². The summed E-state index contributed by atoms with van der Waals surface area (Å²) in [5.41, 5.74) is 3.93. The van der Waals surface area contributed by atoms with Crippen molar-refractivity contribution < 1.29 is 4.79 Å². The maximum absolute atomic E-state index is 12.9. The molecule has 0 aliphatic carbocycles. The van der Waals surface area contributed by atoms with Crippen LogP contribution in [-0.4, -0.2) is 25.2 Å².